The Kier molecular flexibility index (Phi) is 5.20. The second kappa shape index (κ2) is 7.12. The van der Waals surface area contributed by atoms with E-state index in [1.165, 1.54) is 0 Å². The lowest BCUT2D eigenvalue weighted by molar-refractivity contribution is 0.414. The van der Waals surface area contributed by atoms with Gasteiger partial charge in [-0.2, -0.15) is 0 Å². The highest BCUT2D eigenvalue weighted by molar-refractivity contribution is 7.99. The Balaban J connectivity index is 2.20. The second-order valence-corrected chi connectivity index (χ2v) is 5.27. The first kappa shape index (κ1) is 14.6. The normalized spacial score (nSPS) is 10.3. The zero-order chi connectivity index (χ0) is 14.4. The summed E-state index contributed by atoms with van der Waals surface area (Å²) in [6.07, 6.45) is 1.84. The molecule has 6 heteroatoms. The molecule has 0 unspecified atom stereocenters. The lowest BCUT2D eigenvalue weighted by Gasteiger charge is -2.07. The molecule has 2 aromatic rings. The van der Waals surface area contributed by atoms with Crippen LogP contribution in [0.5, 0.6) is 5.75 Å². The number of benzene rings is 1. The van der Waals surface area contributed by atoms with Crippen molar-refractivity contribution in [1.29, 1.82) is 0 Å². The summed E-state index contributed by atoms with van der Waals surface area (Å²) in [7, 11) is 1.66. The van der Waals surface area contributed by atoms with Gasteiger partial charge in [-0.3, -0.25) is 0 Å². The third kappa shape index (κ3) is 3.85. The molecule has 0 aliphatic rings. The molecule has 0 fully saturated rings. The highest BCUT2D eigenvalue weighted by Crippen LogP contribution is 2.28. The SMILES string of the molecule is CCCc1nc(NN)cc(Sc2ccc(OC)cc2)n1. The third-order valence-corrected chi connectivity index (χ3v) is 3.58. The average Bonchev–Trinajstić information content (AvgIpc) is 2.48. The summed E-state index contributed by atoms with van der Waals surface area (Å²) in [4.78, 5) is 9.96. The van der Waals surface area contributed by atoms with E-state index in [4.69, 9.17) is 10.6 Å². The first-order valence-corrected chi connectivity index (χ1v) is 7.23. The van der Waals surface area contributed by atoms with Crippen LogP contribution in [0.2, 0.25) is 0 Å². The zero-order valence-electron chi connectivity index (χ0n) is 11.6. The molecule has 1 aromatic heterocycles. The van der Waals surface area contributed by atoms with Crippen molar-refractivity contribution in [2.24, 2.45) is 5.84 Å². The summed E-state index contributed by atoms with van der Waals surface area (Å²) in [5.74, 6) is 7.73. The lowest BCUT2D eigenvalue weighted by Crippen LogP contribution is -2.10. The smallest absolute Gasteiger partial charge is 0.144 e. The first-order chi connectivity index (χ1) is 9.75. The van der Waals surface area contributed by atoms with Crippen molar-refractivity contribution >= 4 is 17.6 Å². The van der Waals surface area contributed by atoms with E-state index in [2.05, 4.69) is 22.3 Å². The number of hydrazine groups is 1. The summed E-state index contributed by atoms with van der Waals surface area (Å²) in [6.45, 7) is 2.10. The largest absolute Gasteiger partial charge is 0.497 e. The monoisotopic (exact) mass is 290 g/mol. The number of anilines is 1. The van der Waals surface area contributed by atoms with Gasteiger partial charge >= 0.3 is 0 Å². The summed E-state index contributed by atoms with van der Waals surface area (Å²) in [6, 6.07) is 9.70. The van der Waals surface area contributed by atoms with E-state index in [1.54, 1.807) is 18.9 Å². The number of nitrogens with one attached hydrogen (secondary N) is 1. The van der Waals surface area contributed by atoms with E-state index in [9.17, 15) is 0 Å². The molecule has 1 aromatic carbocycles. The van der Waals surface area contributed by atoms with Crippen molar-refractivity contribution in [1.82, 2.24) is 9.97 Å². The highest BCUT2D eigenvalue weighted by Gasteiger charge is 2.05. The molecule has 0 saturated carbocycles. The number of aromatic nitrogens is 2. The number of methoxy groups -OCH3 is 1. The number of nitrogens with zero attached hydrogens (tertiary/aromatic N) is 2. The molecule has 2 rings (SSSR count). The van der Waals surface area contributed by atoms with Gasteiger partial charge in [-0.15, -0.1) is 0 Å². The van der Waals surface area contributed by atoms with Gasteiger partial charge in [0.05, 0.1) is 7.11 Å². The summed E-state index contributed by atoms with van der Waals surface area (Å²) >= 11 is 1.57. The van der Waals surface area contributed by atoms with Crippen molar-refractivity contribution < 1.29 is 4.74 Å². The molecule has 1 heterocycles. The Morgan fingerprint density at radius 1 is 1.25 bits per heavy atom. The van der Waals surface area contributed by atoms with Gasteiger partial charge in [-0.25, -0.2) is 15.8 Å². The molecule has 0 bridgehead atoms. The Morgan fingerprint density at radius 2 is 2.00 bits per heavy atom. The molecule has 106 valence electrons. The van der Waals surface area contributed by atoms with E-state index in [0.29, 0.717) is 5.82 Å². The van der Waals surface area contributed by atoms with E-state index in [0.717, 1.165) is 34.3 Å². The van der Waals surface area contributed by atoms with Gasteiger partial charge in [0.1, 0.15) is 22.4 Å². The van der Waals surface area contributed by atoms with Crippen LogP contribution >= 0.6 is 11.8 Å². The Morgan fingerprint density at radius 3 is 2.60 bits per heavy atom. The fraction of sp³-hybridized carbons (Fsp3) is 0.286. The van der Waals surface area contributed by atoms with Gasteiger partial charge in [0.15, 0.2) is 0 Å². The van der Waals surface area contributed by atoms with Crippen molar-refractivity contribution in [3.05, 3.63) is 36.2 Å². The van der Waals surface area contributed by atoms with Gasteiger partial charge in [0, 0.05) is 17.4 Å². The molecular weight excluding hydrogens is 272 g/mol. The second-order valence-electron chi connectivity index (χ2n) is 4.18. The first-order valence-electron chi connectivity index (χ1n) is 6.41. The summed E-state index contributed by atoms with van der Waals surface area (Å²) < 4.78 is 5.15. The minimum atomic E-state index is 0.638. The van der Waals surface area contributed by atoms with Crippen LogP contribution in [0.25, 0.3) is 0 Å². The van der Waals surface area contributed by atoms with Crippen LogP contribution in [-0.2, 0) is 6.42 Å². The van der Waals surface area contributed by atoms with Gasteiger partial charge in [0.25, 0.3) is 0 Å². The lowest BCUT2D eigenvalue weighted by atomic mass is 10.3. The van der Waals surface area contributed by atoms with Crippen LogP contribution < -0.4 is 16.0 Å². The molecule has 0 amide bonds. The Bertz CT molecular complexity index is 560. The quantitative estimate of drug-likeness (QED) is 0.484. The van der Waals surface area contributed by atoms with Crippen molar-refractivity contribution in [2.45, 2.75) is 29.7 Å². The number of nitrogens with two attached hydrogens (primary N) is 1. The number of hydrogen-bond donors (Lipinski definition) is 2. The van der Waals surface area contributed by atoms with Crippen LogP contribution in [0.15, 0.2) is 40.3 Å². The molecule has 20 heavy (non-hydrogen) atoms. The number of aryl methyl sites for hydroxylation is 1. The van der Waals surface area contributed by atoms with Gasteiger partial charge in [0.2, 0.25) is 0 Å². The van der Waals surface area contributed by atoms with Gasteiger partial charge in [-0.1, -0.05) is 18.7 Å². The molecule has 0 aliphatic heterocycles. The summed E-state index contributed by atoms with van der Waals surface area (Å²) in [5, 5.41) is 0.876. The molecule has 0 spiro atoms. The fourth-order valence-corrected chi connectivity index (χ4v) is 2.53. The number of rotatable bonds is 6. The average molecular weight is 290 g/mol. The zero-order valence-corrected chi connectivity index (χ0v) is 12.4. The summed E-state index contributed by atoms with van der Waals surface area (Å²) in [5.41, 5.74) is 2.59. The van der Waals surface area contributed by atoms with Gasteiger partial charge < -0.3 is 10.2 Å². The minimum Gasteiger partial charge on any atom is -0.497 e. The maximum atomic E-state index is 5.45. The van der Waals surface area contributed by atoms with Crippen molar-refractivity contribution in [3.8, 4) is 5.75 Å². The third-order valence-electron chi connectivity index (χ3n) is 2.65. The van der Waals surface area contributed by atoms with Crippen LogP contribution in [0, 0.1) is 0 Å². The molecule has 5 nitrogen and oxygen atoms in total. The molecule has 0 aliphatic carbocycles. The Labute approximate surface area is 122 Å². The van der Waals surface area contributed by atoms with Crippen molar-refractivity contribution in [3.63, 3.8) is 0 Å². The maximum Gasteiger partial charge on any atom is 0.144 e. The van der Waals surface area contributed by atoms with E-state index in [-0.39, 0.29) is 0 Å². The van der Waals surface area contributed by atoms with Crippen LogP contribution in [0.3, 0.4) is 0 Å². The maximum absolute atomic E-state index is 5.45. The van der Waals surface area contributed by atoms with Crippen LogP contribution in [0.4, 0.5) is 5.82 Å². The standard InChI is InChI=1S/C14H18N4OS/c1-3-4-12-16-13(18-15)9-14(17-12)20-11-7-5-10(19-2)6-8-11/h5-9H,3-4,15H2,1-2H3,(H,16,17,18). The topological polar surface area (TPSA) is 73.1 Å². The van der Waals surface area contributed by atoms with Crippen LogP contribution in [0.1, 0.15) is 19.2 Å². The van der Waals surface area contributed by atoms with E-state index in [1.807, 2.05) is 30.3 Å². The molecule has 3 N–H and O–H groups in total. The minimum absolute atomic E-state index is 0.638. The number of nitrogen functional groups attached to an aromatic ring is 1. The predicted octanol–water partition coefficient (Wildman–Crippen LogP) is 2.87. The molecule has 0 atom stereocenters. The Hall–Kier alpha value is -1.79. The molecular formula is C14H18N4OS. The molecule has 0 radical (unpaired) electrons. The molecule has 0 saturated heterocycles. The van der Waals surface area contributed by atoms with E-state index < -0.39 is 0 Å². The number of ether oxygens (including phenoxy) is 1. The van der Waals surface area contributed by atoms with Crippen LogP contribution in [-0.4, -0.2) is 17.1 Å². The predicted molar refractivity (Wildman–Crippen MR) is 81.0 cm³/mol. The number of hydrogen-bond acceptors (Lipinski definition) is 6. The van der Waals surface area contributed by atoms with Gasteiger partial charge in [-0.05, 0) is 30.7 Å². The van der Waals surface area contributed by atoms with Crippen molar-refractivity contribution in [2.75, 3.05) is 12.5 Å². The fourth-order valence-electron chi connectivity index (χ4n) is 1.70. The van der Waals surface area contributed by atoms with E-state index >= 15 is 0 Å². The highest BCUT2D eigenvalue weighted by atomic mass is 32.2.